The highest BCUT2D eigenvalue weighted by atomic mass is 35.5. The molecule has 0 saturated carbocycles. The number of nitrogens with one attached hydrogen (secondary N) is 1. The molecule has 4 heterocycles. The molecule has 2 aromatic heterocycles. The van der Waals surface area contributed by atoms with E-state index in [4.69, 9.17) is 16.3 Å². The zero-order chi connectivity index (χ0) is 25.0. The van der Waals surface area contributed by atoms with E-state index in [1.165, 1.54) is 4.90 Å². The molecule has 6 nitrogen and oxygen atoms in total. The number of H-pyrrole nitrogens is 1. The highest BCUT2D eigenvalue weighted by molar-refractivity contribution is 6.31. The van der Waals surface area contributed by atoms with Gasteiger partial charge in [-0.2, -0.15) is 36.3 Å². The summed E-state index contributed by atoms with van der Waals surface area (Å²) in [6.07, 6.45) is -7.85. The molecule has 1 saturated heterocycles. The summed E-state index contributed by atoms with van der Waals surface area (Å²) in [5, 5.41) is 1.40. The number of aromatic nitrogens is 4. The topological polar surface area (TPSA) is 66.9 Å². The molecule has 1 aromatic carbocycles. The third-order valence-corrected chi connectivity index (χ3v) is 6.65. The fourth-order valence-electron chi connectivity index (χ4n) is 4.88. The molecule has 3 aromatic rings. The van der Waals surface area contributed by atoms with Crippen molar-refractivity contribution < 1.29 is 31.1 Å². The summed E-state index contributed by atoms with van der Waals surface area (Å²) >= 11 is 6.17. The molecule has 13 heteroatoms. The Kier molecular flexibility index (Phi) is 6.07. The summed E-state index contributed by atoms with van der Waals surface area (Å²) in [6, 6.07) is 4.73. The molecular weight excluding hydrogens is 500 g/mol. The van der Waals surface area contributed by atoms with Crippen molar-refractivity contribution in [2.75, 3.05) is 24.7 Å². The van der Waals surface area contributed by atoms with Gasteiger partial charge in [-0.15, -0.1) is 0 Å². The summed E-state index contributed by atoms with van der Waals surface area (Å²) in [7, 11) is 0. The lowest BCUT2D eigenvalue weighted by atomic mass is 9.88. The number of anilines is 1. The zero-order valence-electron chi connectivity index (χ0n) is 18.2. The highest BCUT2D eigenvalue weighted by Crippen LogP contribution is 2.42. The molecule has 0 amide bonds. The van der Waals surface area contributed by atoms with Gasteiger partial charge in [0.05, 0.1) is 6.04 Å². The SMILES string of the molecule is FC(F)(F)c1nc(N2CCc3c([nH]c4ccc(Cl)cc34)[C@@H]2C[C@H]2CCCOC2)nc(C(F)(F)F)n1. The number of rotatable bonds is 3. The van der Waals surface area contributed by atoms with E-state index in [9.17, 15) is 26.3 Å². The van der Waals surface area contributed by atoms with Gasteiger partial charge in [-0.05, 0) is 55.4 Å². The minimum Gasteiger partial charge on any atom is -0.381 e. The van der Waals surface area contributed by atoms with Crippen molar-refractivity contribution in [2.24, 2.45) is 5.92 Å². The van der Waals surface area contributed by atoms with Gasteiger partial charge >= 0.3 is 12.4 Å². The van der Waals surface area contributed by atoms with Crippen LogP contribution in [0.3, 0.4) is 0 Å². The predicted molar refractivity (Wildman–Crippen MR) is 115 cm³/mol. The van der Waals surface area contributed by atoms with Crippen molar-refractivity contribution in [1.82, 2.24) is 19.9 Å². The van der Waals surface area contributed by atoms with Crippen molar-refractivity contribution in [3.8, 4) is 0 Å². The predicted octanol–water partition coefficient (Wildman–Crippen LogP) is 5.96. The first kappa shape index (κ1) is 24.1. The van der Waals surface area contributed by atoms with E-state index in [-0.39, 0.29) is 12.5 Å². The molecule has 1 N–H and O–H groups in total. The molecule has 0 unspecified atom stereocenters. The van der Waals surface area contributed by atoms with Gasteiger partial charge in [-0.25, -0.2) is 4.98 Å². The van der Waals surface area contributed by atoms with E-state index in [1.54, 1.807) is 18.2 Å². The maximum absolute atomic E-state index is 13.4. The molecule has 2 aliphatic heterocycles. The molecule has 188 valence electrons. The molecule has 2 aliphatic rings. The fraction of sp³-hybridized carbons (Fsp3) is 0.500. The number of fused-ring (bicyclic) bond motifs is 3. The van der Waals surface area contributed by atoms with Gasteiger partial charge in [0.25, 0.3) is 0 Å². The van der Waals surface area contributed by atoms with Crippen LogP contribution in [-0.4, -0.2) is 39.7 Å². The molecule has 5 rings (SSSR count). The summed E-state index contributed by atoms with van der Waals surface area (Å²) in [6.45, 7) is 1.21. The van der Waals surface area contributed by atoms with E-state index in [0.717, 1.165) is 29.3 Å². The monoisotopic (exact) mass is 519 g/mol. The first-order chi connectivity index (χ1) is 16.5. The van der Waals surface area contributed by atoms with E-state index >= 15 is 0 Å². The molecule has 1 fully saturated rings. The molecule has 0 spiro atoms. The smallest absolute Gasteiger partial charge is 0.381 e. The zero-order valence-corrected chi connectivity index (χ0v) is 18.9. The number of benzene rings is 1. The second-order valence-electron chi connectivity index (χ2n) is 8.76. The maximum Gasteiger partial charge on any atom is 0.451 e. The van der Waals surface area contributed by atoms with Gasteiger partial charge in [-0.1, -0.05) is 11.6 Å². The van der Waals surface area contributed by atoms with Gasteiger partial charge in [0.2, 0.25) is 17.6 Å². The molecular formula is C22H20ClF6N5O. The maximum atomic E-state index is 13.4. The number of halogens is 7. The number of nitrogens with zero attached hydrogens (tertiary/aromatic N) is 4. The fourth-order valence-corrected chi connectivity index (χ4v) is 5.05. The van der Waals surface area contributed by atoms with Crippen molar-refractivity contribution in [1.29, 1.82) is 0 Å². The number of ether oxygens (including phenoxy) is 1. The van der Waals surface area contributed by atoms with Crippen molar-refractivity contribution in [3.63, 3.8) is 0 Å². The third-order valence-electron chi connectivity index (χ3n) is 6.41. The van der Waals surface area contributed by atoms with Crippen LogP contribution in [0.15, 0.2) is 18.2 Å². The van der Waals surface area contributed by atoms with Gasteiger partial charge < -0.3 is 14.6 Å². The minimum absolute atomic E-state index is 0.0724. The number of aromatic amines is 1. The minimum atomic E-state index is -5.16. The van der Waals surface area contributed by atoms with Crippen molar-refractivity contribution in [2.45, 2.75) is 44.1 Å². The normalized spacial score (nSPS) is 21.4. The van der Waals surface area contributed by atoms with Crippen LogP contribution in [0.4, 0.5) is 32.3 Å². The van der Waals surface area contributed by atoms with Gasteiger partial charge in [0.1, 0.15) is 0 Å². The Morgan fingerprint density at radius 3 is 2.40 bits per heavy atom. The molecule has 0 radical (unpaired) electrons. The van der Waals surface area contributed by atoms with Crippen LogP contribution in [0.1, 0.15) is 48.2 Å². The average molecular weight is 520 g/mol. The van der Waals surface area contributed by atoms with Gasteiger partial charge in [-0.3, -0.25) is 0 Å². The Labute approximate surface area is 200 Å². The highest BCUT2D eigenvalue weighted by Gasteiger charge is 2.43. The van der Waals surface area contributed by atoms with Crippen LogP contribution in [0, 0.1) is 5.92 Å². The standard InChI is InChI=1S/C22H20ClF6N5O/c23-12-3-4-15-14(9-12)13-5-6-34(16(17(13)30-15)8-11-2-1-7-35-10-11)20-32-18(21(24,25)26)31-19(33-20)22(27,28)29/h3-4,9,11,16,30H,1-2,5-8,10H2/t11-,16+/m1/s1. The average Bonchev–Trinajstić information content (AvgIpc) is 3.17. The van der Waals surface area contributed by atoms with Crippen LogP contribution in [0.2, 0.25) is 5.02 Å². The van der Waals surface area contributed by atoms with E-state index in [2.05, 4.69) is 19.9 Å². The van der Waals surface area contributed by atoms with Gasteiger partial charge in [0, 0.05) is 41.4 Å². The Morgan fingerprint density at radius 1 is 1.06 bits per heavy atom. The van der Waals surface area contributed by atoms with Gasteiger partial charge in [0.15, 0.2) is 0 Å². The Bertz CT molecular complexity index is 1210. The van der Waals surface area contributed by atoms with E-state index < -0.39 is 36.0 Å². The van der Waals surface area contributed by atoms with Crippen molar-refractivity contribution in [3.05, 3.63) is 46.1 Å². The Hall–Kier alpha value is -2.60. The quantitative estimate of drug-likeness (QED) is 0.432. The number of hydrogen-bond acceptors (Lipinski definition) is 5. The molecule has 0 bridgehead atoms. The summed E-state index contributed by atoms with van der Waals surface area (Å²) in [5.41, 5.74) is 2.43. The summed E-state index contributed by atoms with van der Waals surface area (Å²) in [5.74, 6) is -4.32. The molecule has 2 atom stereocenters. The Morgan fingerprint density at radius 2 is 1.77 bits per heavy atom. The van der Waals surface area contributed by atoms with E-state index in [0.29, 0.717) is 36.8 Å². The van der Waals surface area contributed by atoms with Crippen LogP contribution >= 0.6 is 11.6 Å². The van der Waals surface area contributed by atoms with Crippen LogP contribution in [0.5, 0.6) is 0 Å². The van der Waals surface area contributed by atoms with Crippen molar-refractivity contribution >= 4 is 28.5 Å². The van der Waals surface area contributed by atoms with E-state index in [1.807, 2.05) is 0 Å². The van der Waals surface area contributed by atoms with Crippen LogP contribution < -0.4 is 4.90 Å². The lowest BCUT2D eigenvalue weighted by Gasteiger charge is -2.38. The number of hydrogen-bond donors (Lipinski definition) is 1. The Balaban J connectivity index is 1.63. The van der Waals surface area contributed by atoms with Crippen LogP contribution in [-0.2, 0) is 23.5 Å². The summed E-state index contributed by atoms with van der Waals surface area (Å²) in [4.78, 5) is 14.3. The lowest BCUT2D eigenvalue weighted by molar-refractivity contribution is -0.155. The van der Waals surface area contributed by atoms with Crippen LogP contribution in [0.25, 0.3) is 10.9 Å². The first-order valence-electron chi connectivity index (χ1n) is 11.1. The largest absolute Gasteiger partial charge is 0.451 e. The first-order valence-corrected chi connectivity index (χ1v) is 11.4. The lowest BCUT2D eigenvalue weighted by Crippen LogP contribution is -2.39. The third kappa shape index (κ3) is 4.77. The molecule has 0 aliphatic carbocycles. The second-order valence-corrected chi connectivity index (χ2v) is 9.20. The molecule has 35 heavy (non-hydrogen) atoms. The second kappa shape index (κ2) is 8.81. The summed E-state index contributed by atoms with van der Waals surface area (Å²) < 4.78 is 86.1. The number of alkyl halides is 6.